The van der Waals surface area contributed by atoms with Gasteiger partial charge in [0.25, 0.3) is 0 Å². The first kappa shape index (κ1) is 9.01. The lowest BCUT2D eigenvalue weighted by molar-refractivity contribution is -0.0731. The van der Waals surface area contributed by atoms with Crippen molar-refractivity contribution < 1.29 is 5.11 Å². The van der Waals surface area contributed by atoms with E-state index in [2.05, 4.69) is 18.7 Å². The minimum atomic E-state index is -0.306. The van der Waals surface area contributed by atoms with E-state index < -0.39 is 0 Å². The molecule has 2 nitrogen and oxygen atoms in total. The van der Waals surface area contributed by atoms with Crippen molar-refractivity contribution in [1.82, 2.24) is 4.90 Å². The van der Waals surface area contributed by atoms with Crippen molar-refractivity contribution in [3.63, 3.8) is 0 Å². The van der Waals surface area contributed by atoms with Crippen LogP contribution in [0.25, 0.3) is 0 Å². The molecule has 2 heteroatoms. The number of aliphatic hydroxyl groups is 1. The molecule has 1 aliphatic carbocycles. The lowest BCUT2D eigenvalue weighted by Gasteiger charge is -2.50. The van der Waals surface area contributed by atoms with Crippen molar-refractivity contribution in [2.75, 3.05) is 7.05 Å². The van der Waals surface area contributed by atoms with Crippen LogP contribution in [0.1, 0.15) is 33.6 Å². The highest BCUT2D eigenvalue weighted by atomic mass is 16.3. The zero-order valence-corrected chi connectivity index (χ0v) is 7.96. The molecule has 0 saturated heterocycles. The van der Waals surface area contributed by atoms with Crippen molar-refractivity contribution >= 4 is 0 Å². The minimum Gasteiger partial charge on any atom is -0.379 e. The van der Waals surface area contributed by atoms with E-state index in [1.165, 1.54) is 12.8 Å². The fourth-order valence-corrected chi connectivity index (χ4v) is 1.87. The largest absolute Gasteiger partial charge is 0.379 e. The molecule has 2 atom stereocenters. The zero-order chi connectivity index (χ0) is 8.65. The first-order chi connectivity index (χ1) is 4.95. The Balaban J connectivity index is 2.49. The fourth-order valence-electron chi connectivity index (χ4n) is 1.87. The van der Waals surface area contributed by atoms with Gasteiger partial charge in [0, 0.05) is 6.04 Å². The summed E-state index contributed by atoms with van der Waals surface area (Å²) in [6.45, 7) is 6.36. The molecule has 1 saturated carbocycles. The maximum atomic E-state index is 9.31. The molecule has 0 aromatic rings. The third-order valence-electron chi connectivity index (χ3n) is 3.05. The molecule has 0 amide bonds. The topological polar surface area (TPSA) is 23.5 Å². The second kappa shape index (κ2) is 2.76. The number of rotatable bonds is 2. The molecule has 2 unspecified atom stereocenters. The third-order valence-corrected chi connectivity index (χ3v) is 3.05. The molecule has 0 aromatic heterocycles. The van der Waals surface area contributed by atoms with Gasteiger partial charge in [-0.25, -0.2) is 0 Å². The van der Waals surface area contributed by atoms with E-state index in [0.717, 1.165) is 0 Å². The third kappa shape index (κ3) is 1.57. The Morgan fingerprint density at radius 2 is 2.09 bits per heavy atom. The van der Waals surface area contributed by atoms with Crippen LogP contribution in [0.15, 0.2) is 0 Å². The second-order valence-electron chi connectivity index (χ2n) is 4.34. The molecule has 66 valence electrons. The van der Waals surface area contributed by atoms with E-state index in [1.807, 2.05) is 14.0 Å². The molecule has 1 rings (SSSR count). The van der Waals surface area contributed by atoms with Gasteiger partial charge in [0.15, 0.2) is 0 Å². The predicted molar refractivity (Wildman–Crippen MR) is 46.2 cm³/mol. The van der Waals surface area contributed by atoms with Crippen molar-refractivity contribution in [2.45, 2.75) is 45.9 Å². The van der Waals surface area contributed by atoms with Gasteiger partial charge in [-0.05, 0) is 32.2 Å². The number of nitrogens with zero attached hydrogens (tertiary/aromatic N) is 1. The van der Waals surface area contributed by atoms with Crippen LogP contribution in [-0.4, -0.2) is 29.3 Å². The van der Waals surface area contributed by atoms with Gasteiger partial charge in [0.1, 0.15) is 6.23 Å². The van der Waals surface area contributed by atoms with Crippen LogP contribution in [0.4, 0.5) is 0 Å². The molecule has 0 radical (unpaired) electrons. The van der Waals surface area contributed by atoms with Crippen LogP contribution in [0.5, 0.6) is 0 Å². The zero-order valence-electron chi connectivity index (χ0n) is 7.96. The highest BCUT2D eigenvalue weighted by Crippen LogP contribution is 2.43. The smallest absolute Gasteiger partial charge is 0.104 e. The van der Waals surface area contributed by atoms with Gasteiger partial charge < -0.3 is 5.11 Å². The molecule has 0 aromatic carbocycles. The van der Waals surface area contributed by atoms with Crippen molar-refractivity contribution in [1.29, 1.82) is 0 Å². The molecule has 0 spiro atoms. The Morgan fingerprint density at radius 3 is 2.18 bits per heavy atom. The normalized spacial score (nSPS) is 31.6. The van der Waals surface area contributed by atoms with Gasteiger partial charge in [-0.3, -0.25) is 4.90 Å². The standard InChI is InChI=1S/C9H19NO/c1-7(11)10(4)8-5-6-9(8,2)3/h7-8,11H,5-6H2,1-4H3. The van der Waals surface area contributed by atoms with Crippen LogP contribution in [0.3, 0.4) is 0 Å². The van der Waals surface area contributed by atoms with Crippen LogP contribution in [0, 0.1) is 5.41 Å². The van der Waals surface area contributed by atoms with Crippen molar-refractivity contribution in [2.24, 2.45) is 5.41 Å². The van der Waals surface area contributed by atoms with Crippen LogP contribution < -0.4 is 0 Å². The lowest BCUT2D eigenvalue weighted by Crippen LogP contribution is -2.53. The van der Waals surface area contributed by atoms with Crippen molar-refractivity contribution in [3.8, 4) is 0 Å². The van der Waals surface area contributed by atoms with Gasteiger partial charge in [-0.1, -0.05) is 13.8 Å². The number of hydrogen-bond acceptors (Lipinski definition) is 2. The predicted octanol–water partition coefficient (Wildman–Crippen LogP) is 1.45. The Bertz CT molecular complexity index is 142. The van der Waals surface area contributed by atoms with Crippen LogP contribution in [0.2, 0.25) is 0 Å². The average molecular weight is 157 g/mol. The van der Waals surface area contributed by atoms with Gasteiger partial charge >= 0.3 is 0 Å². The van der Waals surface area contributed by atoms with E-state index >= 15 is 0 Å². The van der Waals surface area contributed by atoms with E-state index in [0.29, 0.717) is 11.5 Å². The van der Waals surface area contributed by atoms with Crippen molar-refractivity contribution in [3.05, 3.63) is 0 Å². The number of aliphatic hydroxyl groups excluding tert-OH is 1. The van der Waals surface area contributed by atoms with E-state index in [9.17, 15) is 5.11 Å². The summed E-state index contributed by atoms with van der Waals surface area (Å²) in [6.07, 6.45) is 2.21. The molecule has 1 aliphatic rings. The highest BCUT2D eigenvalue weighted by molar-refractivity contribution is 4.94. The summed E-state index contributed by atoms with van der Waals surface area (Å²) in [4.78, 5) is 2.06. The Morgan fingerprint density at radius 1 is 1.55 bits per heavy atom. The minimum absolute atomic E-state index is 0.306. The molecule has 0 heterocycles. The molecule has 0 aliphatic heterocycles. The van der Waals surface area contributed by atoms with Gasteiger partial charge in [-0.15, -0.1) is 0 Å². The first-order valence-corrected chi connectivity index (χ1v) is 4.35. The van der Waals surface area contributed by atoms with Gasteiger partial charge in [0.2, 0.25) is 0 Å². The summed E-state index contributed by atoms with van der Waals surface area (Å²) in [5.41, 5.74) is 0.408. The Labute approximate surface area is 69.2 Å². The molecular weight excluding hydrogens is 138 g/mol. The SMILES string of the molecule is CC(O)N(C)C1CCC1(C)C. The monoisotopic (exact) mass is 157 g/mol. The van der Waals surface area contributed by atoms with Gasteiger partial charge in [0.05, 0.1) is 0 Å². The Hall–Kier alpha value is -0.0800. The lowest BCUT2D eigenvalue weighted by atomic mass is 9.66. The van der Waals surface area contributed by atoms with E-state index in [1.54, 1.807) is 0 Å². The summed E-state index contributed by atoms with van der Waals surface area (Å²) in [7, 11) is 2.00. The van der Waals surface area contributed by atoms with E-state index in [-0.39, 0.29) is 6.23 Å². The summed E-state index contributed by atoms with van der Waals surface area (Å²) in [5, 5.41) is 9.31. The Kier molecular flexibility index (Phi) is 2.26. The quantitative estimate of drug-likeness (QED) is 0.613. The van der Waals surface area contributed by atoms with E-state index in [4.69, 9.17) is 0 Å². The molecule has 0 bridgehead atoms. The summed E-state index contributed by atoms with van der Waals surface area (Å²) in [5.74, 6) is 0. The average Bonchev–Trinajstić information content (AvgIpc) is 1.85. The second-order valence-corrected chi connectivity index (χ2v) is 4.34. The van der Waals surface area contributed by atoms with Crippen LogP contribution >= 0.6 is 0 Å². The van der Waals surface area contributed by atoms with Gasteiger partial charge in [-0.2, -0.15) is 0 Å². The van der Waals surface area contributed by atoms with Crippen LogP contribution in [-0.2, 0) is 0 Å². The maximum absolute atomic E-state index is 9.31. The number of hydrogen-bond donors (Lipinski definition) is 1. The first-order valence-electron chi connectivity index (χ1n) is 4.35. The fraction of sp³-hybridized carbons (Fsp3) is 1.00. The summed E-state index contributed by atoms with van der Waals surface area (Å²) >= 11 is 0. The molecule has 11 heavy (non-hydrogen) atoms. The maximum Gasteiger partial charge on any atom is 0.104 e. The summed E-state index contributed by atoms with van der Waals surface area (Å²) in [6, 6.07) is 0.572. The molecular formula is C9H19NO. The highest BCUT2D eigenvalue weighted by Gasteiger charge is 2.41. The molecule has 1 fully saturated rings. The summed E-state index contributed by atoms with van der Waals surface area (Å²) < 4.78 is 0. The molecule has 1 N–H and O–H groups in total.